The van der Waals surface area contributed by atoms with Crippen LogP contribution in [0.5, 0.6) is 5.75 Å². The second-order valence-electron chi connectivity index (χ2n) is 5.74. The molecule has 2 aromatic rings. The number of sulfonamides is 1. The lowest BCUT2D eigenvalue weighted by atomic mass is 10.1. The lowest BCUT2D eigenvalue weighted by Gasteiger charge is -2.24. The smallest absolute Gasteiger partial charge is 0.322 e. The molecule has 25 heavy (non-hydrogen) atoms. The SMILES string of the molecule is COc1ccc(C[C@@H](C(=O)O)N(C)S(=O)(=O)c2ccc(C)cc2)cc1. The normalized spacial score (nSPS) is 12.8. The molecule has 0 radical (unpaired) electrons. The van der Waals surface area contributed by atoms with Crippen LogP contribution in [0.4, 0.5) is 0 Å². The first kappa shape index (κ1) is 19.0. The number of carbonyl (C=O) groups is 1. The zero-order valence-corrected chi connectivity index (χ0v) is 15.2. The topological polar surface area (TPSA) is 83.9 Å². The van der Waals surface area contributed by atoms with Gasteiger partial charge in [-0.2, -0.15) is 4.31 Å². The number of carboxylic acid groups (broad SMARTS) is 1. The Labute approximate surface area is 147 Å². The van der Waals surface area contributed by atoms with Gasteiger partial charge in [0, 0.05) is 7.05 Å². The van der Waals surface area contributed by atoms with Crippen molar-refractivity contribution in [1.82, 2.24) is 4.31 Å². The largest absolute Gasteiger partial charge is 0.497 e. The molecule has 2 aromatic carbocycles. The van der Waals surface area contributed by atoms with Crippen molar-refractivity contribution >= 4 is 16.0 Å². The fourth-order valence-electron chi connectivity index (χ4n) is 2.40. The van der Waals surface area contributed by atoms with E-state index in [0.29, 0.717) is 11.3 Å². The molecule has 0 aliphatic heterocycles. The summed E-state index contributed by atoms with van der Waals surface area (Å²) in [6.07, 6.45) is 0.0565. The third kappa shape index (κ3) is 4.37. The number of methoxy groups -OCH3 is 1. The fourth-order valence-corrected chi connectivity index (χ4v) is 3.71. The van der Waals surface area contributed by atoms with Crippen LogP contribution in [0.3, 0.4) is 0 Å². The van der Waals surface area contributed by atoms with Gasteiger partial charge in [0.1, 0.15) is 11.8 Å². The molecule has 0 amide bonds. The van der Waals surface area contributed by atoms with Crippen LogP contribution in [0.15, 0.2) is 53.4 Å². The van der Waals surface area contributed by atoms with Gasteiger partial charge in [-0.25, -0.2) is 8.42 Å². The summed E-state index contributed by atoms with van der Waals surface area (Å²) >= 11 is 0. The minimum atomic E-state index is -3.91. The summed E-state index contributed by atoms with van der Waals surface area (Å²) in [6.45, 7) is 1.85. The van der Waals surface area contributed by atoms with Gasteiger partial charge in [-0.3, -0.25) is 4.79 Å². The first-order valence-corrected chi connectivity index (χ1v) is 9.10. The Morgan fingerprint density at radius 2 is 1.68 bits per heavy atom. The van der Waals surface area contributed by atoms with Crippen LogP contribution in [0.25, 0.3) is 0 Å². The molecular formula is C18H21NO5S. The molecule has 2 rings (SSSR count). The number of aryl methyl sites for hydroxylation is 1. The van der Waals surface area contributed by atoms with Gasteiger partial charge in [0.25, 0.3) is 0 Å². The molecule has 134 valence electrons. The van der Waals surface area contributed by atoms with Crippen LogP contribution in [0, 0.1) is 6.92 Å². The third-order valence-corrected chi connectivity index (χ3v) is 5.89. The van der Waals surface area contributed by atoms with Crippen LogP contribution in [-0.4, -0.2) is 44.0 Å². The van der Waals surface area contributed by atoms with Gasteiger partial charge in [-0.15, -0.1) is 0 Å². The summed E-state index contributed by atoms with van der Waals surface area (Å²) in [7, 11) is -1.08. The van der Waals surface area contributed by atoms with Crippen molar-refractivity contribution in [2.45, 2.75) is 24.3 Å². The van der Waals surface area contributed by atoms with E-state index in [1.807, 2.05) is 6.92 Å². The van der Waals surface area contributed by atoms with E-state index < -0.39 is 22.0 Å². The number of benzene rings is 2. The van der Waals surface area contributed by atoms with Gasteiger partial charge in [-0.1, -0.05) is 29.8 Å². The number of ether oxygens (including phenoxy) is 1. The van der Waals surface area contributed by atoms with E-state index in [0.717, 1.165) is 9.87 Å². The Morgan fingerprint density at radius 3 is 2.16 bits per heavy atom. The summed E-state index contributed by atoms with van der Waals surface area (Å²) in [5.41, 5.74) is 1.63. The Kier molecular flexibility index (Phi) is 5.81. The minimum absolute atomic E-state index is 0.0565. The summed E-state index contributed by atoms with van der Waals surface area (Å²) in [5.74, 6) is -0.551. The molecule has 0 aliphatic rings. The van der Waals surface area contributed by atoms with Crippen molar-refractivity contribution in [3.05, 3.63) is 59.7 Å². The minimum Gasteiger partial charge on any atom is -0.497 e. The predicted octanol–water partition coefficient (Wildman–Crippen LogP) is 2.32. The van der Waals surface area contributed by atoms with E-state index in [1.165, 1.54) is 26.3 Å². The van der Waals surface area contributed by atoms with Gasteiger partial charge in [0.2, 0.25) is 10.0 Å². The molecule has 1 atom stereocenters. The van der Waals surface area contributed by atoms with Crippen LogP contribution in [-0.2, 0) is 21.2 Å². The van der Waals surface area contributed by atoms with Gasteiger partial charge >= 0.3 is 5.97 Å². The van der Waals surface area contributed by atoms with Gasteiger partial charge < -0.3 is 9.84 Å². The molecule has 0 saturated carbocycles. The molecule has 7 heteroatoms. The van der Waals surface area contributed by atoms with Crippen LogP contribution in [0.2, 0.25) is 0 Å². The van der Waals surface area contributed by atoms with Crippen molar-refractivity contribution in [2.75, 3.05) is 14.2 Å². The average molecular weight is 363 g/mol. The van der Waals surface area contributed by atoms with Crippen molar-refractivity contribution in [1.29, 1.82) is 0 Å². The number of aliphatic carboxylic acids is 1. The van der Waals surface area contributed by atoms with Gasteiger partial charge in [0.15, 0.2) is 0 Å². The molecule has 0 saturated heterocycles. The highest BCUT2D eigenvalue weighted by Gasteiger charge is 2.32. The molecule has 0 spiro atoms. The number of rotatable bonds is 7. The molecule has 0 bridgehead atoms. The highest BCUT2D eigenvalue weighted by Crippen LogP contribution is 2.20. The summed E-state index contributed by atoms with van der Waals surface area (Å²) in [6, 6.07) is 12.0. The maximum Gasteiger partial charge on any atom is 0.322 e. The quantitative estimate of drug-likeness (QED) is 0.816. The molecule has 1 N–H and O–H groups in total. The predicted molar refractivity (Wildman–Crippen MR) is 94.2 cm³/mol. The molecule has 0 aliphatic carbocycles. The number of likely N-dealkylation sites (N-methyl/N-ethyl adjacent to an activating group) is 1. The highest BCUT2D eigenvalue weighted by atomic mass is 32.2. The molecule has 0 heterocycles. The Morgan fingerprint density at radius 1 is 1.12 bits per heavy atom. The average Bonchev–Trinajstić information content (AvgIpc) is 2.59. The van der Waals surface area contributed by atoms with Crippen molar-refractivity contribution < 1.29 is 23.1 Å². The van der Waals surface area contributed by atoms with Crippen molar-refractivity contribution in [2.24, 2.45) is 0 Å². The number of hydrogen-bond donors (Lipinski definition) is 1. The van der Waals surface area contributed by atoms with Crippen molar-refractivity contribution in [3.8, 4) is 5.75 Å². The van der Waals surface area contributed by atoms with E-state index in [2.05, 4.69) is 0 Å². The summed E-state index contributed by atoms with van der Waals surface area (Å²) < 4.78 is 31.4. The second kappa shape index (κ2) is 7.67. The first-order chi connectivity index (χ1) is 11.8. The Bertz CT molecular complexity index is 829. The van der Waals surface area contributed by atoms with E-state index in [-0.39, 0.29) is 11.3 Å². The first-order valence-electron chi connectivity index (χ1n) is 7.66. The summed E-state index contributed by atoms with van der Waals surface area (Å²) in [4.78, 5) is 11.7. The van der Waals surface area contributed by atoms with E-state index in [4.69, 9.17) is 4.74 Å². The zero-order chi connectivity index (χ0) is 18.6. The van der Waals surface area contributed by atoms with E-state index >= 15 is 0 Å². The molecule has 0 aromatic heterocycles. The second-order valence-corrected chi connectivity index (χ2v) is 7.74. The Balaban J connectivity index is 2.28. The van der Waals surface area contributed by atoms with Crippen LogP contribution in [0.1, 0.15) is 11.1 Å². The fraction of sp³-hybridized carbons (Fsp3) is 0.278. The van der Waals surface area contributed by atoms with Gasteiger partial charge in [-0.05, 0) is 43.2 Å². The monoisotopic (exact) mass is 363 g/mol. The van der Waals surface area contributed by atoms with E-state index in [1.54, 1.807) is 36.4 Å². The summed E-state index contributed by atoms with van der Waals surface area (Å²) in [5, 5.41) is 9.53. The van der Waals surface area contributed by atoms with Crippen molar-refractivity contribution in [3.63, 3.8) is 0 Å². The number of hydrogen-bond acceptors (Lipinski definition) is 4. The van der Waals surface area contributed by atoms with Crippen LogP contribution < -0.4 is 4.74 Å². The number of nitrogens with zero attached hydrogens (tertiary/aromatic N) is 1. The lowest BCUT2D eigenvalue weighted by molar-refractivity contribution is -0.141. The highest BCUT2D eigenvalue weighted by molar-refractivity contribution is 7.89. The Hall–Kier alpha value is -2.38. The standard InChI is InChI=1S/C18H21NO5S/c1-13-4-10-16(11-5-13)25(22,23)19(2)17(18(20)21)12-14-6-8-15(24-3)9-7-14/h4-11,17H,12H2,1-3H3,(H,20,21)/t17-/m0/s1. The van der Waals surface area contributed by atoms with Gasteiger partial charge in [0.05, 0.1) is 12.0 Å². The maximum absolute atomic E-state index is 12.7. The lowest BCUT2D eigenvalue weighted by Crippen LogP contribution is -2.43. The number of carboxylic acids is 1. The van der Waals surface area contributed by atoms with E-state index in [9.17, 15) is 18.3 Å². The zero-order valence-electron chi connectivity index (χ0n) is 14.3. The molecule has 0 fully saturated rings. The van der Waals surface area contributed by atoms with Crippen LogP contribution >= 0.6 is 0 Å². The third-order valence-electron chi connectivity index (χ3n) is 4.01. The maximum atomic E-state index is 12.7. The molecular weight excluding hydrogens is 342 g/mol. The molecule has 0 unspecified atom stereocenters. The molecule has 6 nitrogen and oxygen atoms in total.